The Bertz CT molecular complexity index is 1130. The number of aryl methyl sites for hydroxylation is 2. The highest BCUT2D eigenvalue weighted by atomic mass is 32.2. The number of nitrogens with one attached hydrogen (secondary N) is 1. The van der Waals surface area contributed by atoms with E-state index >= 15 is 0 Å². The van der Waals surface area contributed by atoms with Gasteiger partial charge in [-0.2, -0.15) is 4.31 Å². The number of piperazine rings is 1. The Morgan fingerprint density at radius 2 is 1.68 bits per heavy atom. The molecule has 0 bridgehead atoms. The molecule has 0 saturated carbocycles. The smallest absolute Gasteiger partial charge is 0.265 e. The molecule has 2 aliphatic heterocycles. The van der Waals surface area contributed by atoms with Gasteiger partial charge in [-0.05, 0) is 51.1 Å². The summed E-state index contributed by atoms with van der Waals surface area (Å²) in [5.41, 5.74) is 2.99. The second kappa shape index (κ2) is 7.97. The van der Waals surface area contributed by atoms with Crippen molar-refractivity contribution in [2.75, 3.05) is 31.5 Å². The molecule has 2 amide bonds. The summed E-state index contributed by atoms with van der Waals surface area (Å²) >= 11 is 0. The Kier molecular flexibility index (Phi) is 5.49. The third-order valence-corrected chi connectivity index (χ3v) is 7.41. The summed E-state index contributed by atoms with van der Waals surface area (Å²) in [6.45, 7) is 6.55. The highest BCUT2D eigenvalue weighted by Crippen LogP contribution is 2.33. The van der Waals surface area contributed by atoms with Gasteiger partial charge in [0.2, 0.25) is 10.0 Å². The van der Waals surface area contributed by atoms with Crippen LogP contribution in [-0.2, 0) is 14.8 Å². The molecule has 164 valence electrons. The average molecular weight is 444 g/mol. The van der Waals surface area contributed by atoms with E-state index in [4.69, 9.17) is 4.74 Å². The Hall–Kier alpha value is -2.91. The standard InChI is InChI=1S/C22H25N3O5S/c1-14-10-15(2)12-17(11-14)22(27)24-6-8-25(9-7-24)31(28,29)18-4-5-20-19(13-18)23-21(26)16(3)30-20/h4-5,10-13,16H,6-9H2,1-3H3,(H,23,26). The van der Waals surface area contributed by atoms with E-state index in [-0.39, 0.29) is 29.8 Å². The van der Waals surface area contributed by atoms with Crippen LogP contribution >= 0.6 is 0 Å². The summed E-state index contributed by atoms with van der Waals surface area (Å²) < 4.78 is 33.1. The van der Waals surface area contributed by atoms with Crippen LogP contribution in [0.15, 0.2) is 41.3 Å². The number of carbonyl (C=O) groups excluding carboxylic acids is 2. The molecule has 2 aliphatic rings. The number of fused-ring (bicyclic) bond motifs is 1. The molecule has 4 rings (SSSR count). The van der Waals surface area contributed by atoms with Crippen molar-refractivity contribution in [1.82, 2.24) is 9.21 Å². The number of carbonyl (C=O) groups is 2. The van der Waals surface area contributed by atoms with Gasteiger partial charge in [0.15, 0.2) is 6.10 Å². The predicted octanol–water partition coefficient (Wildman–Crippen LogP) is 2.17. The Morgan fingerprint density at radius 3 is 2.32 bits per heavy atom. The van der Waals surface area contributed by atoms with Crippen LogP contribution in [0.2, 0.25) is 0 Å². The first-order valence-corrected chi connectivity index (χ1v) is 11.6. The lowest BCUT2D eigenvalue weighted by atomic mass is 10.1. The first-order chi connectivity index (χ1) is 14.6. The van der Waals surface area contributed by atoms with E-state index in [0.29, 0.717) is 30.1 Å². The van der Waals surface area contributed by atoms with Gasteiger partial charge in [0, 0.05) is 31.7 Å². The van der Waals surface area contributed by atoms with Crippen LogP contribution in [0, 0.1) is 13.8 Å². The monoisotopic (exact) mass is 443 g/mol. The van der Waals surface area contributed by atoms with Gasteiger partial charge in [-0.1, -0.05) is 17.2 Å². The average Bonchev–Trinajstić information content (AvgIpc) is 2.73. The molecule has 1 saturated heterocycles. The molecule has 1 N–H and O–H groups in total. The lowest BCUT2D eigenvalue weighted by Crippen LogP contribution is -2.50. The maximum atomic E-state index is 13.1. The second-order valence-electron chi connectivity index (χ2n) is 7.98. The van der Waals surface area contributed by atoms with Crippen molar-refractivity contribution in [2.45, 2.75) is 31.8 Å². The van der Waals surface area contributed by atoms with E-state index in [2.05, 4.69) is 5.32 Å². The molecule has 0 aliphatic carbocycles. The molecule has 31 heavy (non-hydrogen) atoms. The predicted molar refractivity (Wildman–Crippen MR) is 116 cm³/mol. The first-order valence-electron chi connectivity index (χ1n) is 10.1. The van der Waals surface area contributed by atoms with Gasteiger partial charge in [0.25, 0.3) is 11.8 Å². The number of anilines is 1. The van der Waals surface area contributed by atoms with Crippen molar-refractivity contribution in [2.24, 2.45) is 0 Å². The van der Waals surface area contributed by atoms with Crippen LogP contribution in [0.25, 0.3) is 0 Å². The summed E-state index contributed by atoms with van der Waals surface area (Å²) in [5, 5.41) is 2.67. The van der Waals surface area contributed by atoms with Crippen molar-refractivity contribution in [3.63, 3.8) is 0 Å². The van der Waals surface area contributed by atoms with Crippen LogP contribution in [0.4, 0.5) is 5.69 Å². The molecule has 1 unspecified atom stereocenters. The zero-order valence-corrected chi connectivity index (χ0v) is 18.5. The van der Waals surface area contributed by atoms with Crippen LogP contribution in [0.3, 0.4) is 0 Å². The number of benzene rings is 2. The van der Waals surface area contributed by atoms with Crippen LogP contribution in [0.1, 0.15) is 28.4 Å². The van der Waals surface area contributed by atoms with Gasteiger partial charge in [-0.15, -0.1) is 0 Å². The normalized spacial score (nSPS) is 19.4. The number of nitrogens with zero attached hydrogens (tertiary/aromatic N) is 2. The van der Waals surface area contributed by atoms with E-state index in [1.54, 1.807) is 17.9 Å². The largest absolute Gasteiger partial charge is 0.479 e. The summed E-state index contributed by atoms with van der Waals surface area (Å²) in [6.07, 6.45) is -0.627. The molecule has 2 heterocycles. The Balaban J connectivity index is 1.47. The molecule has 0 radical (unpaired) electrons. The highest BCUT2D eigenvalue weighted by Gasteiger charge is 2.32. The molecule has 9 heteroatoms. The first kappa shape index (κ1) is 21.3. The fraction of sp³-hybridized carbons (Fsp3) is 0.364. The molecular weight excluding hydrogens is 418 g/mol. The third-order valence-electron chi connectivity index (χ3n) is 5.51. The minimum atomic E-state index is -3.77. The van der Waals surface area contributed by atoms with Crippen molar-refractivity contribution in [3.05, 3.63) is 53.1 Å². The van der Waals surface area contributed by atoms with E-state index in [0.717, 1.165) is 11.1 Å². The Labute approximate surface area is 181 Å². The van der Waals surface area contributed by atoms with Gasteiger partial charge in [0.1, 0.15) is 5.75 Å². The number of hydrogen-bond donors (Lipinski definition) is 1. The highest BCUT2D eigenvalue weighted by molar-refractivity contribution is 7.89. The lowest BCUT2D eigenvalue weighted by Gasteiger charge is -2.34. The number of amides is 2. The van der Waals surface area contributed by atoms with Crippen LogP contribution in [0.5, 0.6) is 5.75 Å². The maximum Gasteiger partial charge on any atom is 0.265 e. The lowest BCUT2D eigenvalue weighted by molar-refractivity contribution is -0.122. The quantitative estimate of drug-likeness (QED) is 0.784. The van der Waals surface area contributed by atoms with Gasteiger partial charge >= 0.3 is 0 Å². The summed E-state index contributed by atoms with van der Waals surface area (Å²) in [6, 6.07) is 10.2. The SMILES string of the molecule is Cc1cc(C)cc(C(=O)N2CCN(S(=O)(=O)c3ccc4c(c3)NC(=O)C(C)O4)CC2)c1. The van der Waals surface area contributed by atoms with Crippen LogP contribution < -0.4 is 10.1 Å². The van der Waals surface area contributed by atoms with Gasteiger partial charge in [-0.3, -0.25) is 9.59 Å². The van der Waals surface area contributed by atoms with E-state index in [9.17, 15) is 18.0 Å². The third kappa shape index (κ3) is 4.15. The second-order valence-corrected chi connectivity index (χ2v) is 9.92. The molecule has 8 nitrogen and oxygen atoms in total. The number of rotatable bonds is 3. The van der Waals surface area contributed by atoms with E-state index in [1.807, 2.05) is 32.0 Å². The number of sulfonamides is 1. The topological polar surface area (TPSA) is 96.0 Å². The van der Waals surface area contributed by atoms with Crippen molar-refractivity contribution in [1.29, 1.82) is 0 Å². The molecule has 0 spiro atoms. The minimum absolute atomic E-state index is 0.0822. The molecule has 1 atom stereocenters. The fourth-order valence-electron chi connectivity index (χ4n) is 3.91. The van der Waals surface area contributed by atoms with Gasteiger partial charge < -0.3 is 15.0 Å². The fourth-order valence-corrected chi connectivity index (χ4v) is 5.36. The van der Waals surface area contributed by atoms with E-state index < -0.39 is 16.1 Å². The number of ether oxygens (including phenoxy) is 1. The van der Waals surface area contributed by atoms with Gasteiger partial charge in [0.05, 0.1) is 10.6 Å². The molecular formula is C22H25N3O5S. The van der Waals surface area contributed by atoms with E-state index in [1.165, 1.54) is 16.4 Å². The minimum Gasteiger partial charge on any atom is -0.479 e. The van der Waals surface area contributed by atoms with Crippen molar-refractivity contribution >= 4 is 27.5 Å². The van der Waals surface area contributed by atoms with Gasteiger partial charge in [-0.25, -0.2) is 8.42 Å². The van der Waals surface area contributed by atoms with Crippen molar-refractivity contribution < 1.29 is 22.7 Å². The number of hydrogen-bond acceptors (Lipinski definition) is 5. The molecule has 1 fully saturated rings. The summed E-state index contributed by atoms with van der Waals surface area (Å²) in [7, 11) is -3.77. The molecule has 2 aromatic carbocycles. The molecule has 0 aromatic heterocycles. The maximum absolute atomic E-state index is 13.1. The molecule has 2 aromatic rings. The summed E-state index contributed by atoms with van der Waals surface area (Å²) in [5.74, 6) is 0.0297. The summed E-state index contributed by atoms with van der Waals surface area (Å²) in [4.78, 5) is 26.5. The Morgan fingerprint density at radius 1 is 1.03 bits per heavy atom. The van der Waals surface area contributed by atoms with Crippen molar-refractivity contribution in [3.8, 4) is 5.75 Å². The zero-order valence-electron chi connectivity index (χ0n) is 17.7. The zero-order chi connectivity index (χ0) is 22.3. The van der Waals surface area contributed by atoms with Crippen LogP contribution in [-0.4, -0.2) is 61.7 Å².